The Labute approximate surface area is 175 Å². The van der Waals surface area contributed by atoms with E-state index < -0.39 is 0 Å². The number of likely N-dealkylation sites (tertiary alicyclic amines) is 1. The topological polar surface area (TPSA) is 47.4 Å². The van der Waals surface area contributed by atoms with Gasteiger partial charge < -0.3 is 14.2 Å². The van der Waals surface area contributed by atoms with E-state index in [4.69, 9.17) is 16.3 Å². The Morgan fingerprint density at radius 2 is 1.79 bits per heavy atom. The normalized spacial score (nSPS) is 14.7. The zero-order chi connectivity index (χ0) is 20.1. The van der Waals surface area contributed by atoms with Gasteiger partial charge in [0.15, 0.2) is 6.61 Å². The summed E-state index contributed by atoms with van der Waals surface area (Å²) in [6.45, 7) is 2.52. The molecule has 0 spiro atoms. The highest BCUT2D eigenvalue weighted by molar-refractivity contribution is 6.30. The van der Waals surface area contributed by atoms with Crippen LogP contribution in [0.3, 0.4) is 0 Å². The number of hydrogen-bond acceptors (Lipinski definition) is 3. The number of aromatic nitrogens is 2. The van der Waals surface area contributed by atoms with Crippen molar-refractivity contribution in [1.29, 1.82) is 0 Å². The molecule has 5 nitrogen and oxygen atoms in total. The zero-order valence-electron chi connectivity index (χ0n) is 16.2. The average Bonchev–Trinajstić information content (AvgIpc) is 3.22. The molecule has 0 unspecified atom stereocenters. The van der Waals surface area contributed by atoms with Crippen LogP contribution in [-0.2, 0) is 11.3 Å². The number of halogens is 1. The minimum absolute atomic E-state index is 0.0333. The van der Waals surface area contributed by atoms with E-state index in [0.717, 1.165) is 43.9 Å². The van der Waals surface area contributed by atoms with Crippen LogP contribution in [0.2, 0.25) is 5.02 Å². The minimum Gasteiger partial charge on any atom is -0.484 e. The van der Waals surface area contributed by atoms with Gasteiger partial charge in [-0.1, -0.05) is 41.9 Å². The van der Waals surface area contributed by atoms with Crippen LogP contribution in [0.1, 0.15) is 12.8 Å². The molecule has 29 heavy (non-hydrogen) atoms. The lowest BCUT2D eigenvalue weighted by molar-refractivity contribution is -0.134. The van der Waals surface area contributed by atoms with Crippen molar-refractivity contribution in [3.63, 3.8) is 0 Å². The van der Waals surface area contributed by atoms with E-state index in [1.54, 1.807) is 24.3 Å². The molecule has 1 amide bonds. The molecule has 0 saturated carbocycles. The van der Waals surface area contributed by atoms with Crippen LogP contribution >= 0.6 is 11.6 Å². The van der Waals surface area contributed by atoms with Crippen molar-refractivity contribution in [2.24, 2.45) is 5.92 Å². The molecule has 0 aliphatic carbocycles. The van der Waals surface area contributed by atoms with Crippen LogP contribution in [0.25, 0.3) is 11.4 Å². The van der Waals surface area contributed by atoms with E-state index in [1.165, 1.54) is 0 Å². The summed E-state index contributed by atoms with van der Waals surface area (Å²) in [5, 5.41) is 0.652. The van der Waals surface area contributed by atoms with Crippen molar-refractivity contribution in [2.75, 3.05) is 19.7 Å². The summed E-state index contributed by atoms with van der Waals surface area (Å²) in [4.78, 5) is 18.9. The van der Waals surface area contributed by atoms with Crippen molar-refractivity contribution in [1.82, 2.24) is 14.5 Å². The molecule has 1 saturated heterocycles. The lowest BCUT2D eigenvalue weighted by Crippen LogP contribution is -2.41. The fourth-order valence-corrected chi connectivity index (χ4v) is 3.84. The molecule has 1 aliphatic heterocycles. The van der Waals surface area contributed by atoms with E-state index in [9.17, 15) is 4.79 Å². The third kappa shape index (κ3) is 4.98. The molecular formula is C23H24ClN3O2. The summed E-state index contributed by atoms with van der Waals surface area (Å²) in [6, 6.07) is 17.3. The molecule has 4 rings (SSSR count). The van der Waals surface area contributed by atoms with Gasteiger partial charge in [0, 0.05) is 42.6 Å². The molecular weight excluding hydrogens is 386 g/mol. The molecule has 3 aromatic rings. The van der Waals surface area contributed by atoms with Crippen LogP contribution in [0.15, 0.2) is 67.0 Å². The summed E-state index contributed by atoms with van der Waals surface area (Å²) in [5.74, 6) is 2.23. The van der Waals surface area contributed by atoms with Gasteiger partial charge in [-0.2, -0.15) is 0 Å². The third-order valence-corrected chi connectivity index (χ3v) is 5.60. The maximum atomic E-state index is 12.5. The predicted molar refractivity (Wildman–Crippen MR) is 114 cm³/mol. The molecule has 2 aromatic carbocycles. The number of amides is 1. The van der Waals surface area contributed by atoms with Gasteiger partial charge in [-0.05, 0) is 43.0 Å². The first-order valence-corrected chi connectivity index (χ1v) is 10.3. The number of piperidine rings is 1. The van der Waals surface area contributed by atoms with Crippen molar-refractivity contribution in [3.8, 4) is 17.1 Å². The SMILES string of the molecule is O=C(COc1ccc(Cl)cc1)N1CCC(Cn2ccnc2-c2ccccc2)CC1. The lowest BCUT2D eigenvalue weighted by Gasteiger charge is -2.32. The first-order valence-electron chi connectivity index (χ1n) is 9.92. The standard InChI is InChI=1S/C23H24ClN3O2/c24-20-6-8-21(9-7-20)29-17-22(28)26-13-10-18(11-14-26)16-27-15-12-25-23(27)19-4-2-1-3-5-19/h1-9,12,15,18H,10-11,13-14,16-17H2. The van der Waals surface area contributed by atoms with Gasteiger partial charge in [-0.3, -0.25) is 4.79 Å². The molecule has 150 valence electrons. The highest BCUT2D eigenvalue weighted by Gasteiger charge is 2.24. The number of ether oxygens (including phenoxy) is 1. The van der Waals surface area contributed by atoms with E-state index >= 15 is 0 Å². The largest absolute Gasteiger partial charge is 0.484 e. The van der Waals surface area contributed by atoms with Crippen LogP contribution < -0.4 is 4.74 Å². The second-order valence-electron chi connectivity index (χ2n) is 7.34. The molecule has 6 heteroatoms. The number of carbonyl (C=O) groups is 1. The maximum Gasteiger partial charge on any atom is 0.260 e. The highest BCUT2D eigenvalue weighted by Crippen LogP contribution is 2.23. The quantitative estimate of drug-likeness (QED) is 0.601. The summed E-state index contributed by atoms with van der Waals surface area (Å²) < 4.78 is 7.81. The first-order chi connectivity index (χ1) is 14.2. The van der Waals surface area contributed by atoms with Crippen LogP contribution in [0.5, 0.6) is 5.75 Å². The fraction of sp³-hybridized carbons (Fsp3) is 0.304. The summed E-state index contributed by atoms with van der Waals surface area (Å²) in [6.07, 6.45) is 5.87. The number of hydrogen-bond donors (Lipinski definition) is 0. The Balaban J connectivity index is 1.27. The van der Waals surface area contributed by atoms with Crippen molar-refractivity contribution >= 4 is 17.5 Å². The zero-order valence-corrected chi connectivity index (χ0v) is 17.0. The second kappa shape index (κ2) is 9.14. The molecule has 0 atom stereocenters. The number of benzene rings is 2. The van der Waals surface area contributed by atoms with Crippen LogP contribution in [0, 0.1) is 5.92 Å². The molecule has 0 radical (unpaired) electrons. The van der Waals surface area contributed by atoms with Gasteiger partial charge in [-0.25, -0.2) is 4.98 Å². The van der Waals surface area contributed by atoms with Crippen molar-refractivity contribution in [2.45, 2.75) is 19.4 Å². The van der Waals surface area contributed by atoms with Gasteiger partial charge in [0.1, 0.15) is 11.6 Å². The van der Waals surface area contributed by atoms with Gasteiger partial charge >= 0.3 is 0 Å². The molecule has 0 N–H and O–H groups in total. The molecule has 2 heterocycles. The Hall–Kier alpha value is -2.79. The highest BCUT2D eigenvalue weighted by atomic mass is 35.5. The summed E-state index contributed by atoms with van der Waals surface area (Å²) in [7, 11) is 0. The molecule has 0 bridgehead atoms. The van der Waals surface area contributed by atoms with Gasteiger partial charge in [0.2, 0.25) is 0 Å². The fourth-order valence-electron chi connectivity index (χ4n) is 3.71. The number of carbonyl (C=O) groups excluding carboxylic acids is 1. The average molecular weight is 410 g/mol. The number of rotatable bonds is 6. The molecule has 1 fully saturated rings. The van der Waals surface area contributed by atoms with Gasteiger partial charge in [-0.15, -0.1) is 0 Å². The lowest BCUT2D eigenvalue weighted by atomic mass is 9.96. The Morgan fingerprint density at radius 1 is 1.07 bits per heavy atom. The Kier molecular flexibility index (Phi) is 6.15. The van der Waals surface area contributed by atoms with Crippen LogP contribution in [0.4, 0.5) is 0 Å². The Bertz CT molecular complexity index is 932. The smallest absolute Gasteiger partial charge is 0.260 e. The van der Waals surface area contributed by atoms with Crippen LogP contribution in [-0.4, -0.2) is 40.1 Å². The minimum atomic E-state index is 0.0333. The van der Waals surface area contributed by atoms with E-state index in [0.29, 0.717) is 16.7 Å². The molecule has 1 aliphatic rings. The Morgan fingerprint density at radius 3 is 2.52 bits per heavy atom. The number of nitrogens with zero attached hydrogens (tertiary/aromatic N) is 3. The van der Waals surface area contributed by atoms with Gasteiger partial charge in [0.05, 0.1) is 0 Å². The summed E-state index contributed by atoms with van der Waals surface area (Å²) >= 11 is 5.87. The molecule has 1 aromatic heterocycles. The van der Waals surface area contributed by atoms with Crippen molar-refractivity contribution < 1.29 is 9.53 Å². The predicted octanol–water partition coefficient (Wildman–Crippen LogP) is 4.52. The van der Waals surface area contributed by atoms with E-state index in [-0.39, 0.29) is 12.5 Å². The van der Waals surface area contributed by atoms with Gasteiger partial charge in [0.25, 0.3) is 5.91 Å². The second-order valence-corrected chi connectivity index (χ2v) is 7.77. The number of imidazole rings is 1. The van der Waals surface area contributed by atoms with Crippen molar-refractivity contribution in [3.05, 3.63) is 72.0 Å². The first kappa shape index (κ1) is 19.5. The maximum absolute atomic E-state index is 12.5. The third-order valence-electron chi connectivity index (χ3n) is 5.35. The van der Waals surface area contributed by atoms with E-state index in [2.05, 4.69) is 21.7 Å². The summed E-state index contributed by atoms with van der Waals surface area (Å²) in [5.41, 5.74) is 1.13. The van der Waals surface area contributed by atoms with E-state index in [1.807, 2.05) is 35.5 Å². The monoisotopic (exact) mass is 409 g/mol.